The van der Waals surface area contributed by atoms with Gasteiger partial charge in [0, 0.05) is 6.20 Å². The highest BCUT2D eigenvalue weighted by atomic mass is 35.5. The molecule has 0 atom stereocenters. The van der Waals surface area contributed by atoms with Crippen molar-refractivity contribution in [1.29, 1.82) is 0 Å². The molecule has 0 spiro atoms. The van der Waals surface area contributed by atoms with E-state index in [0.717, 1.165) is 18.9 Å². The lowest BCUT2D eigenvalue weighted by Gasteiger charge is -2.18. The van der Waals surface area contributed by atoms with E-state index in [1.807, 2.05) is 0 Å². The van der Waals surface area contributed by atoms with E-state index < -0.39 is 5.97 Å². The van der Waals surface area contributed by atoms with E-state index >= 15 is 0 Å². The SMILES string of the molecule is O=C(O)c1nc(CN2CCCCCC2)n2cc(Cl)ccc12. The van der Waals surface area contributed by atoms with Gasteiger partial charge in [0.25, 0.3) is 0 Å². The normalized spacial score (nSPS) is 17.0. The summed E-state index contributed by atoms with van der Waals surface area (Å²) in [5.41, 5.74) is 0.688. The minimum absolute atomic E-state index is 0.0940. The minimum atomic E-state index is -1.00. The largest absolute Gasteiger partial charge is 0.476 e. The van der Waals surface area contributed by atoms with Crippen molar-refractivity contribution in [2.45, 2.75) is 32.2 Å². The Hall–Kier alpha value is -1.59. The monoisotopic (exact) mass is 307 g/mol. The zero-order chi connectivity index (χ0) is 14.8. The van der Waals surface area contributed by atoms with E-state index in [1.165, 1.54) is 25.7 Å². The van der Waals surface area contributed by atoms with Gasteiger partial charge in [-0.05, 0) is 38.1 Å². The molecule has 1 aliphatic rings. The molecule has 5 nitrogen and oxygen atoms in total. The number of nitrogens with zero attached hydrogens (tertiary/aromatic N) is 3. The number of rotatable bonds is 3. The first-order valence-electron chi connectivity index (χ1n) is 7.27. The lowest BCUT2D eigenvalue weighted by molar-refractivity contribution is 0.0693. The molecule has 0 saturated carbocycles. The van der Waals surface area contributed by atoms with E-state index in [0.29, 0.717) is 17.1 Å². The van der Waals surface area contributed by atoms with Crippen molar-refractivity contribution in [3.05, 3.63) is 34.9 Å². The Bertz CT molecular complexity index is 660. The van der Waals surface area contributed by atoms with Crippen molar-refractivity contribution >= 4 is 23.1 Å². The third-order valence-electron chi connectivity index (χ3n) is 3.94. The fourth-order valence-corrected chi connectivity index (χ4v) is 3.05. The lowest BCUT2D eigenvalue weighted by Crippen LogP contribution is -2.25. The highest BCUT2D eigenvalue weighted by Crippen LogP contribution is 2.20. The van der Waals surface area contributed by atoms with Crippen LogP contribution in [0, 0.1) is 0 Å². The van der Waals surface area contributed by atoms with E-state index in [-0.39, 0.29) is 5.69 Å². The van der Waals surface area contributed by atoms with Crippen LogP contribution < -0.4 is 0 Å². The standard InChI is InChI=1S/C15H18ClN3O2/c16-11-5-6-12-14(15(20)21)17-13(19(12)9-11)10-18-7-3-1-2-4-8-18/h5-6,9H,1-4,7-8,10H2,(H,20,21). The second-order valence-electron chi connectivity index (χ2n) is 5.47. The maximum absolute atomic E-state index is 11.3. The molecule has 2 aromatic rings. The molecule has 0 aliphatic carbocycles. The average molecular weight is 308 g/mol. The number of hydrogen-bond donors (Lipinski definition) is 1. The van der Waals surface area contributed by atoms with Crippen LogP contribution in [0.15, 0.2) is 18.3 Å². The van der Waals surface area contributed by atoms with Gasteiger partial charge < -0.3 is 9.51 Å². The summed E-state index contributed by atoms with van der Waals surface area (Å²) >= 11 is 6.04. The minimum Gasteiger partial charge on any atom is -0.476 e. The highest BCUT2D eigenvalue weighted by molar-refractivity contribution is 6.30. The summed E-state index contributed by atoms with van der Waals surface area (Å²) in [6, 6.07) is 3.41. The maximum atomic E-state index is 11.3. The molecule has 1 fully saturated rings. The van der Waals surface area contributed by atoms with Gasteiger partial charge in [0.05, 0.1) is 17.1 Å². The van der Waals surface area contributed by atoms with E-state index in [4.69, 9.17) is 11.6 Å². The summed E-state index contributed by atoms with van der Waals surface area (Å²) in [6.45, 7) is 2.74. The summed E-state index contributed by atoms with van der Waals surface area (Å²) < 4.78 is 1.80. The molecule has 3 rings (SSSR count). The molecule has 0 aromatic carbocycles. The molecular weight excluding hydrogens is 290 g/mol. The van der Waals surface area contributed by atoms with Crippen LogP contribution in [-0.2, 0) is 6.54 Å². The molecule has 112 valence electrons. The Morgan fingerprint density at radius 1 is 1.24 bits per heavy atom. The molecule has 0 radical (unpaired) electrons. The third-order valence-corrected chi connectivity index (χ3v) is 4.16. The summed E-state index contributed by atoms with van der Waals surface area (Å²) in [5.74, 6) is -0.260. The molecule has 3 heterocycles. The van der Waals surface area contributed by atoms with Gasteiger partial charge in [0.1, 0.15) is 5.82 Å². The van der Waals surface area contributed by atoms with Crippen LogP contribution in [0.25, 0.3) is 5.52 Å². The number of carboxylic acid groups (broad SMARTS) is 1. The Morgan fingerprint density at radius 2 is 1.95 bits per heavy atom. The van der Waals surface area contributed by atoms with E-state index in [1.54, 1.807) is 22.7 Å². The Labute approximate surface area is 128 Å². The number of aromatic carboxylic acids is 1. The molecule has 1 aliphatic heterocycles. The van der Waals surface area contributed by atoms with Crippen molar-refractivity contribution < 1.29 is 9.90 Å². The molecule has 1 saturated heterocycles. The van der Waals surface area contributed by atoms with Crippen molar-refractivity contribution in [3.63, 3.8) is 0 Å². The second kappa shape index (κ2) is 6.03. The molecule has 6 heteroatoms. The van der Waals surface area contributed by atoms with Gasteiger partial charge in [0.2, 0.25) is 0 Å². The summed E-state index contributed by atoms with van der Waals surface area (Å²) in [4.78, 5) is 18.0. The van der Waals surface area contributed by atoms with Gasteiger partial charge in [-0.2, -0.15) is 0 Å². The zero-order valence-corrected chi connectivity index (χ0v) is 12.5. The van der Waals surface area contributed by atoms with Crippen LogP contribution in [0.4, 0.5) is 0 Å². The summed E-state index contributed by atoms with van der Waals surface area (Å²) in [6.07, 6.45) is 6.66. The van der Waals surface area contributed by atoms with E-state index in [9.17, 15) is 9.90 Å². The average Bonchev–Trinajstić information content (AvgIpc) is 2.63. The number of hydrogen-bond acceptors (Lipinski definition) is 3. The number of imidazole rings is 1. The number of carboxylic acids is 1. The van der Waals surface area contributed by atoms with Gasteiger partial charge in [0.15, 0.2) is 5.69 Å². The van der Waals surface area contributed by atoms with Crippen LogP contribution >= 0.6 is 11.6 Å². The van der Waals surface area contributed by atoms with Crippen molar-refractivity contribution in [2.75, 3.05) is 13.1 Å². The molecular formula is C15H18ClN3O2. The fourth-order valence-electron chi connectivity index (χ4n) is 2.88. The topological polar surface area (TPSA) is 57.8 Å². The Morgan fingerprint density at radius 3 is 2.62 bits per heavy atom. The first kappa shape index (κ1) is 14.4. The predicted octanol–water partition coefficient (Wildman–Crippen LogP) is 3.06. The smallest absolute Gasteiger partial charge is 0.356 e. The van der Waals surface area contributed by atoms with Gasteiger partial charge >= 0.3 is 5.97 Å². The van der Waals surface area contributed by atoms with Crippen LogP contribution in [-0.4, -0.2) is 38.4 Å². The fraction of sp³-hybridized carbons (Fsp3) is 0.467. The van der Waals surface area contributed by atoms with Crippen molar-refractivity contribution in [1.82, 2.24) is 14.3 Å². The molecule has 0 bridgehead atoms. The van der Waals surface area contributed by atoms with Crippen LogP contribution in [0.5, 0.6) is 0 Å². The van der Waals surface area contributed by atoms with E-state index in [2.05, 4.69) is 9.88 Å². The molecule has 21 heavy (non-hydrogen) atoms. The molecule has 0 unspecified atom stereocenters. The molecule has 0 amide bonds. The van der Waals surface area contributed by atoms with Gasteiger partial charge in [-0.25, -0.2) is 9.78 Å². The number of likely N-dealkylation sites (tertiary alicyclic amines) is 1. The summed E-state index contributed by atoms with van der Waals surface area (Å²) in [5, 5.41) is 9.87. The second-order valence-corrected chi connectivity index (χ2v) is 5.91. The number of aromatic nitrogens is 2. The molecule has 2 aromatic heterocycles. The highest BCUT2D eigenvalue weighted by Gasteiger charge is 2.19. The summed E-state index contributed by atoms with van der Waals surface area (Å²) in [7, 11) is 0. The van der Waals surface area contributed by atoms with Gasteiger partial charge in [-0.1, -0.05) is 24.4 Å². The van der Waals surface area contributed by atoms with Crippen LogP contribution in [0.1, 0.15) is 42.0 Å². The van der Waals surface area contributed by atoms with Gasteiger partial charge in [-0.3, -0.25) is 4.90 Å². The zero-order valence-electron chi connectivity index (χ0n) is 11.8. The lowest BCUT2D eigenvalue weighted by atomic mass is 10.2. The van der Waals surface area contributed by atoms with Crippen LogP contribution in [0.3, 0.4) is 0 Å². The predicted molar refractivity (Wildman–Crippen MR) is 80.9 cm³/mol. The Kier molecular flexibility index (Phi) is 4.12. The third kappa shape index (κ3) is 3.04. The quantitative estimate of drug-likeness (QED) is 0.947. The number of halogens is 1. The van der Waals surface area contributed by atoms with Crippen molar-refractivity contribution in [3.8, 4) is 0 Å². The van der Waals surface area contributed by atoms with Gasteiger partial charge in [-0.15, -0.1) is 0 Å². The van der Waals surface area contributed by atoms with Crippen molar-refractivity contribution in [2.24, 2.45) is 0 Å². The number of carbonyl (C=O) groups is 1. The molecule has 1 N–H and O–H groups in total. The first-order valence-corrected chi connectivity index (χ1v) is 7.65. The Balaban J connectivity index is 1.96. The first-order chi connectivity index (χ1) is 10.1. The van der Waals surface area contributed by atoms with Crippen LogP contribution in [0.2, 0.25) is 5.02 Å². The number of pyridine rings is 1. The maximum Gasteiger partial charge on any atom is 0.356 e. The number of fused-ring (bicyclic) bond motifs is 1.